The van der Waals surface area contributed by atoms with E-state index in [4.69, 9.17) is 31.1 Å². The Morgan fingerprint density at radius 1 is 0.963 bits per heavy atom. The van der Waals surface area contributed by atoms with Crippen LogP contribution in [-0.2, 0) is 23.7 Å². The van der Waals surface area contributed by atoms with Gasteiger partial charge >= 0.3 is 6.09 Å². The molecule has 0 aliphatic heterocycles. The molecule has 0 aromatic heterocycles. The minimum atomic E-state index is -0.683. The van der Waals surface area contributed by atoms with Crippen LogP contribution in [0.25, 0.3) is 0 Å². The summed E-state index contributed by atoms with van der Waals surface area (Å²) in [5.74, 6) is 2.05. The normalized spacial score (nSPS) is 12.1. The molecule has 0 rings (SSSR count). The fourth-order valence-corrected chi connectivity index (χ4v) is 1.68. The van der Waals surface area contributed by atoms with Gasteiger partial charge in [-0.1, -0.05) is 0 Å². The third kappa shape index (κ3) is 17.3. The van der Waals surface area contributed by atoms with Crippen LogP contribution in [0.2, 0.25) is 0 Å². The van der Waals surface area contributed by atoms with Crippen molar-refractivity contribution in [3.05, 3.63) is 0 Å². The molecule has 156 valence electrons. The number of hydrogen-bond donors (Lipinski definition) is 3. The molecule has 0 aromatic carbocycles. The van der Waals surface area contributed by atoms with Gasteiger partial charge in [0.25, 0.3) is 0 Å². The molecule has 0 spiro atoms. The van der Waals surface area contributed by atoms with Crippen molar-refractivity contribution < 1.29 is 28.5 Å². The van der Waals surface area contributed by atoms with Crippen molar-refractivity contribution in [3.8, 4) is 12.3 Å². The molecular weight excluding hydrogens is 354 g/mol. The van der Waals surface area contributed by atoms with Crippen molar-refractivity contribution in [1.29, 1.82) is 0 Å². The summed E-state index contributed by atoms with van der Waals surface area (Å²) in [6, 6.07) is -0.683. The highest BCUT2D eigenvalue weighted by Gasteiger charge is 2.15. The highest BCUT2D eigenvalue weighted by atomic mass is 16.6. The number of nitrogens with one attached hydrogen (secondary N) is 2. The Hall–Kier alpha value is -1.86. The summed E-state index contributed by atoms with van der Waals surface area (Å²) in [5, 5.41) is 5.23. The molecule has 9 nitrogen and oxygen atoms in total. The van der Waals surface area contributed by atoms with Crippen LogP contribution in [0.1, 0.15) is 27.2 Å². The molecule has 0 radical (unpaired) electrons. The SMILES string of the molecule is C#CC[C@H](N)C(=O)NCCOCCOCCOCCNC(=O)OC(C)(C)C. The molecule has 4 N–H and O–H groups in total. The van der Waals surface area contributed by atoms with Gasteiger partial charge in [0.2, 0.25) is 5.91 Å². The van der Waals surface area contributed by atoms with Crippen LogP contribution in [0.4, 0.5) is 4.79 Å². The predicted molar refractivity (Wildman–Crippen MR) is 101 cm³/mol. The first-order valence-corrected chi connectivity index (χ1v) is 8.93. The molecule has 2 amide bonds. The van der Waals surface area contributed by atoms with Crippen LogP contribution in [0.5, 0.6) is 0 Å². The highest BCUT2D eigenvalue weighted by Crippen LogP contribution is 2.05. The van der Waals surface area contributed by atoms with Crippen molar-refractivity contribution in [3.63, 3.8) is 0 Å². The van der Waals surface area contributed by atoms with E-state index < -0.39 is 17.7 Å². The topological polar surface area (TPSA) is 121 Å². The third-order valence-corrected chi connectivity index (χ3v) is 2.88. The van der Waals surface area contributed by atoms with E-state index in [-0.39, 0.29) is 12.3 Å². The molecule has 0 heterocycles. The maximum Gasteiger partial charge on any atom is 0.407 e. The van der Waals surface area contributed by atoms with Gasteiger partial charge in [0.1, 0.15) is 5.60 Å². The van der Waals surface area contributed by atoms with Crippen molar-refractivity contribution in [2.24, 2.45) is 5.73 Å². The van der Waals surface area contributed by atoms with Crippen molar-refractivity contribution in [2.45, 2.75) is 38.8 Å². The molecule has 0 saturated carbocycles. The molecule has 0 unspecified atom stereocenters. The van der Waals surface area contributed by atoms with Crippen LogP contribution >= 0.6 is 0 Å². The molecule has 0 saturated heterocycles. The van der Waals surface area contributed by atoms with Crippen LogP contribution < -0.4 is 16.4 Å². The Kier molecular flexibility index (Phi) is 14.2. The first kappa shape index (κ1) is 25.1. The summed E-state index contributed by atoms with van der Waals surface area (Å²) in [4.78, 5) is 22.8. The minimum Gasteiger partial charge on any atom is -0.444 e. The van der Waals surface area contributed by atoms with E-state index in [1.165, 1.54) is 0 Å². The Balaban J connectivity index is 3.31. The number of ether oxygens (including phenoxy) is 4. The largest absolute Gasteiger partial charge is 0.444 e. The van der Waals surface area contributed by atoms with Gasteiger partial charge in [0.15, 0.2) is 0 Å². The molecule has 1 atom stereocenters. The molecule has 0 aliphatic carbocycles. The Morgan fingerprint density at radius 3 is 1.93 bits per heavy atom. The second kappa shape index (κ2) is 15.2. The van der Waals surface area contributed by atoms with Gasteiger partial charge in [0, 0.05) is 19.5 Å². The fraction of sp³-hybridized carbons (Fsp3) is 0.778. The van der Waals surface area contributed by atoms with Gasteiger partial charge in [-0.15, -0.1) is 12.3 Å². The fourth-order valence-electron chi connectivity index (χ4n) is 1.68. The molecule has 0 bridgehead atoms. The summed E-state index contributed by atoms with van der Waals surface area (Å²) in [6.45, 7) is 8.55. The van der Waals surface area contributed by atoms with Gasteiger partial charge < -0.3 is 35.3 Å². The van der Waals surface area contributed by atoms with Crippen molar-refractivity contribution in [2.75, 3.05) is 52.7 Å². The zero-order valence-corrected chi connectivity index (χ0v) is 16.5. The van der Waals surface area contributed by atoms with E-state index in [1.54, 1.807) is 20.8 Å². The molecular formula is C18H33N3O6. The van der Waals surface area contributed by atoms with E-state index in [9.17, 15) is 9.59 Å². The van der Waals surface area contributed by atoms with Gasteiger partial charge in [-0.2, -0.15) is 0 Å². The van der Waals surface area contributed by atoms with E-state index in [0.717, 1.165) is 0 Å². The average Bonchev–Trinajstić information content (AvgIpc) is 2.57. The second-order valence-corrected chi connectivity index (χ2v) is 6.57. The predicted octanol–water partition coefficient (Wildman–Crippen LogP) is 0.0277. The average molecular weight is 387 g/mol. The molecule has 0 aliphatic rings. The standard InChI is InChI=1S/C18H33N3O6/c1-5-6-15(19)16(22)20-7-9-24-11-13-26-14-12-25-10-8-21-17(23)27-18(2,3)4/h1,15H,6-14,19H2,2-4H3,(H,20,22)(H,21,23)/t15-/m0/s1. The quantitative estimate of drug-likeness (QED) is 0.284. The molecule has 27 heavy (non-hydrogen) atoms. The number of carbonyl (C=O) groups is 2. The maximum atomic E-state index is 11.5. The summed E-state index contributed by atoms with van der Waals surface area (Å²) in [5.41, 5.74) is 5.04. The Morgan fingerprint density at radius 2 is 1.44 bits per heavy atom. The summed E-state index contributed by atoms with van der Waals surface area (Å²) in [6.07, 6.45) is 4.83. The lowest BCUT2D eigenvalue weighted by atomic mass is 10.2. The van der Waals surface area contributed by atoms with Crippen LogP contribution in [0, 0.1) is 12.3 Å². The number of rotatable bonds is 14. The molecule has 0 aromatic rings. The molecule has 9 heteroatoms. The monoisotopic (exact) mass is 387 g/mol. The zero-order valence-electron chi connectivity index (χ0n) is 16.5. The van der Waals surface area contributed by atoms with Crippen LogP contribution in [0.15, 0.2) is 0 Å². The number of nitrogens with two attached hydrogens (primary N) is 1. The van der Waals surface area contributed by atoms with E-state index in [0.29, 0.717) is 52.7 Å². The van der Waals surface area contributed by atoms with Crippen molar-refractivity contribution >= 4 is 12.0 Å². The van der Waals surface area contributed by atoms with E-state index in [2.05, 4.69) is 16.6 Å². The first-order valence-electron chi connectivity index (χ1n) is 8.93. The van der Waals surface area contributed by atoms with Crippen LogP contribution in [0.3, 0.4) is 0 Å². The maximum absolute atomic E-state index is 11.5. The van der Waals surface area contributed by atoms with Crippen LogP contribution in [-0.4, -0.2) is 76.4 Å². The summed E-state index contributed by atoms with van der Waals surface area (Å²) in [7, 11) is 0. The Bertz CT molecular complexity index is 459. The number of terminal acetylenes is 1. The third-order valence-electron chi connectivity index (χ3n) is 2.88. The van der Waals surface area contributed by atoms with E-state index in [1.807, 2.05) is 0 Å². The van der Waals surface area contributed by atoms with Gasteiger partial charge in [-0.3, -0.25) is 4.79 Å². The number of carbonyl (C=O) groups excluding carboxylic acids is 2. The van der Waals surface area contributed by atoms with Gasteiger partial charge in [0.05, 0.1) is 45.7 Å². The molecule has 0 fully saturated rings. The Labute approximate surface area is 161 Å². The number of hydrogen-bond acceptors (Lipinski definition) is 7. The van der Waals surface area contributed by atoms with Crippen molar-refractivity contribution in [1.82, 2.24) is 10.6 Å². The zero-order chi connectivity index (χ0) is 20.5. The highest BCUT2D eigenvalue weighted by molar-refractivity contribution is 5.81. The lowest BCUT2D eigenvalue weighted by Crippen LogP contribution is -2.41. The number of amides is 2. The first-order chi connectivity index (χ1) is 12.8. The van der Waals surface area contributed by atoms with E-state index >= 15 is 0 Å². The second-order valence-electron chi connectivity index (χ2n) is 6.57. The lowest BCUT2D eigenvalue weighted by Gasteiger charge is -2.19. The summed E-state index contributed by atoms with van der Waals surface area (Å²) < 4.78 is 21.1. The van der Waals surface area contributed by atoms with Gasteiger partial charge in [-0.25, -0.2) is 4.79 Å². The minimum absolute atomic E-state index is 0.208. The smallest absolute Gasteiger partial charge is 0.407 e. The van der Waals surface area contributed by atoms with Gasteiger partial charge in [-0.05, 0) is 20.8 Å². The lowest BCUT2D eigenvalue weighted by molar-refractivity contribution is -0.122. The summed E-state index contributed by atoms with van der Waals surface area (Å²) >= 11 is 0. The number of alkyl carbamates (subject to hydrolysis) is 1.